The maximum absolute atomic E-state index is 13.4. The number of hydrogen-bond donors (Lipinski definition) is 1. The van der Waals surface area contributed by atoms with Gasteiger partial charge in [0.2, 0.25) is 11.8 Å². The van der Waals surface area contributed by atoms with Crippen LogP contribution in [0, 0.1) is 33.5 Å². The Bertz CT molecular complexity index is 1490. The van der Waals surface area contributed by atoms with Crippen molar-refractivity contribution in [2.45, 2.75) is 34.2 Å². The van der Waals surface area contributed by atoms with E-state index in [1.54, 1.807) is 12.1 Å². The lowest BCUT2D eigenvalue weighted by Crippen LogP contribution is -2.04. The van der Waals surface area contributed by atoms with E-state index in [4.69, 9.17) is 14.7 Å². The molecule has 5 aromatic rings. The number of fused-ring (bicyclic) bond motifs is 1. The van der Waals surface area contributed by atoms with Crippen LogP contribution in [0.3, 0.4) is 0 Å². The number of benzene rings is 3. The van der Waals surface area contributed by atoms with Gasteiger partial charge in [0.1, 0.15) is 22.6 Å². The van der Waals surface area contributed by atoms with Crippen molar-refractivity contribution in [3.05, 3.63) is 107 Å². The highest BCUT2D eigenvalue weighted by molar-refractivity contribution is 5.86. The molecule has 6 heteroatoms. The van der Waals surface area contributed by atoms with E-state index in [9.17, 15) is 4.39 Å². The Hall–Kier alpha value is -4.19. The Morgan fingerprint density at radius 2 is 1.54 bits per heavy atom. The minimum atomic E-state index is -0.296. The van der Waals surface area contributed by atoms with E-state index in [0.717, 1.165) is 33.5 Å². The van der Waals surface area contributed by atoms with Crippen molar-refractivity contribution in [1.29, 1.82) is 0 Å². The lowest BCUT2D eigenvalue weighted by atomic mass is 10.1. The van der Waals surface area contributed by atoms with E-state index in [2.05, 4.69) is 47.3 Å². The molecular formula is C29H27FN4O. The Kier molecular flexibility index (Phi) is 5.95. The summed E-state index contributed by atoms with van der Waals surface area (Å²) >= 11 is 0. The van der Waals surface area contributed by atoms with Crippen LogP contribution in [0.4, 0.5) is 16.0 Å². The molecule has 0 aliphatic heterocycles. The van der Waals surface area contributed by atoms with Gasteiger partial charge in [-0.25, -0.2) is 9.37 Å². The van der Waals surface area contributed by atoms with Crippen LogP contribution in [0.25, 0.3) is 11.0 Å². The zero-order chi connectivity index (χ0) is 24.5. The number of aromatic nitrogens is 3. The van der Waals surface area contributed by atoms with Gasteiger partial charge in [0.05, 0.1) is 0 Å². The molecule has 0 atom stereocenters. The van der Waals surface area contributed by atoms with Gasteiger partial charge in [-0.1, -0.05) is 48.0 Å². The molecule has 0 spiro atoms. The van der Waals surface area contributed by atoms with Crippen LogP contribution in [0.15, 0.2) is 72.9 Å². The number of nitrogens with one attached hydrogen (secondary N) is 1. The van der Waals surface area contributed by atoms with Crippen molar-refractivity contribution in [2.75, 3.05) is 5.32 Å². The van der Waals surface area contributed by atoms with Crippen LogP contribution in [-0.2, 0) is 6.54 Å². The first-order valence-corrected chi connectivity index (χ1v) is 11.6. The Labute approximate surface area is 204 Å². The second-order valence-corrected chi connectivity index (χ2v) is 8.94. The molecule has 0 amide bonds. The summed E-state index contributed by atoms with van der Waals surface area (Å²) in [6.07, 6.45) is 2.08. The molecule has 0 saturated heterocycles. The molecule has 0 aliphatic rings. The van der Waals surface area contributed by atoms with E-state index < -0.39 is 0 Å². The zero-order valence-corrected chi connectivity index (χ0v) is 20.3. The van der Waals surface area contributed by atoms with E-state index in [-0.39, 0.29) is 5.82 Å². The maximum Gasteiger partial charge on any atom is 0.249 e. The summed E-state index contributed by atoms with van der Waals surface area (Å²) in [5.41, 5.74) is 7.78. The van der Waals surface area contributed by atoms with Gasteiger partial charge in [-0.05, 0) is 74.2 Å². The number of anilines is 2. The number of aryl methyl sites for hydroxylation is 4. The molecule has 35 heavy (non-hydrogen) atoms. The third kappa shape index (κ3) is 4.73. The van der Waals surface area contributed by atoms with Gasteiger partial charge in [-0.3, -0.25) is 0 Å². The topological polar surface area (TPSA) is 52.0 Å². The Balaban J connectivity index is 1.65. The van der Waals surface area contributed by atoms with Crippen molar-refractivity contribution < 1.29 is 9.13 Å². The highest BCUT2D eigenvalue weighted by Crippen LogP contribution is 2.35. The summed E-state index contributed by atoms with van der Waals surface area (Å²) in [7, 11) is 0. The van der Waals surface area contributed by atoms with Crippen LogP contribution >= 0.6 is 0 Å². The van der Waals surface area contributed by atoms with Crippen LogP contribution in [0.2, 0.25) is 0 Å². The summed E-state index contributed by atoms with van der Waals surface area (Å²) in [4.78, 5) is 9.57. The fraction of sp³-hybridized carbons (Fsp3) is 0.172. The minimum absolute atomic E-state index is 0.296. The van der Waals surface area contributed by atoms with Crippen LogP contribution < -0.4 is 10.1 Å². The molecule has 5 rings (SSSR count). The minimum Gasteiger partial charge on any atom is -0.436 e. The molecule has 0 bridgehead atoms. The summed E-state index contributed by atoms with van der Waals surface area (Å²) < 4.78 is 22.1. The quantitative estimate of drug-likeness (QED) is 0.283. The molecule has 176 valence electrons. The molecule has 3 aromatic carbocycles. The lowest BCUT2D eigenvalue weighted by Gasteiger charge is -2.15. The zero-order valence-electron chi connectivity index (χ0n) is 20.3. The van der Waals surface area contributed by atoms with Gasteiger partial charge in [0, 0.05) is 18.4 Å². The average molecular weight is 467 g/mol. The molecule has 0 radical (unpaired) electrons. The number of halogens is 1. The van der Waals surface area contributed by atoms with E-state index in [1.807, 2.05) is 39.0 Å². The maximum atomic E-state index is 13.4. The third-order valence-corrected chi connectivity index (χ3v) is 5.96. The second-order valence-electron chi connectivity index (χ2n) is 8.94. The molecule has 1 N–H and O–H groups in total. The smallest absolute Gasteiger partial charge is 0.249 e. The molecule has 5 nitrogen and oxygen atoms in total. The van der Waals surface area contributed by atoms with Crippen molar-refractivity contribution in [3.8, 4) is 11.6 Å². The first-order chi connectivity index (χ1) is 16.9. The Morgan fingerprint density at radius 3 is 2.23 bits per heavy atom. The van der Waals surface area contributed by atoms with Gasteiger partial charge in [0.15, 0.2) is 0 Å². The average Bonchev–Trinajstić information content (AvgIpc) is 3.13. The summed E-state index contributed by atoms with van der Waals surface area (Å²) in [5.74, 6) is 1.35. The Morgan fingerprint density at radius 1 is 0.857 bits per heavy atom. The molecule has 0 fully saturated rings. The SMILES string of the molecule is Cc1cc(C)c(Oc2nc(Nc3ccc(F)cc3)nc3c(C)cn(Cc4ccccc4)c23)c(C)c1. The molecule has 0 unspecified atom stereocenters. The number of ether oxygens (including phenoxy) is 1. The molecule has 2 aromatic heterocycles. The number of hydrogen-bond acceptors (Lipinski definition) is 4. The van der Waals surface area contributed by atoms with Crippen molar-refractivity contribution in [2.24, 2.45) is 0 Å². The predicted octanol–water partition coefficient (Wildman–Crippen LogP) is 7.39. The summed E-state index contributed by atoms with van der Waals surface area (Å²) in [6, 6.07) is 20.6. The van der Waals surface area contributed by atoms with Gasteiger partial charge in [0.25, 0.3) is 0 Å². The van der Waals surface area contributed by atoms with Crippen molar-refractivity contribution in [3.63, 3.8) is 0 Å². The molecule has 0 aliphatic carbocycles. The molecule has 2 heterocycles. The van der Waals surface area contributed by atoms with E-state index >= 15 is 0 Å². The van der Waals surface area contributed by atoms with Crippen molar-refractivity contribution >= 4 is 22.7 Å². The lowest BCUT2D eigenvalue weighted by molar-refractivity contribution is 0.459. The monoisotopic (exact) mass is 466 g/mol. The number of nitrogens with zero attached hydrogens (tertiary/aromatic N) is 3. The van der Waals surface area contributed by atoms with Gasteiger partial charge >= 0.3 is 0 Å². The predicted molar refractivity (Wildman–Crippen MR) is 138 cm³/mol. The van der Waals surface area contributed by atoms with Crippen LogP contribution in [-0.4, -0.2) is 14.5 Å². The number of rotatable bonds is 6. The highest BCUT2D eigenvalue weighted by atomic mass is 19.1. The van der Waals surface area contributed by atoms with Gasteiger partial charge in [-0.15, -0.1) is 0 Å². The largest absolute Gasteiger partial charge is 0.436 e. The summed E-state index contributed by atoms with van der Waals surface area (Å²) in [6.45, 7) is 8.86. The first-order valence-electron chi connectivity index (χ1n) is 11.6. The summed E-state index contributed by atoms with van der Waals surface area (Å²) in [5, 5.41) is 3.20. The van der Waals surface area contributed by atoms with E-state index in [0.29, 0.717) is 24.1 Å². The first kappa shape index (κ1) is 22.6. The second kappa shape index (κ2) is 9.22. The molecule has 0 saturated carbocycles. The fourth-order valence-electron chi connectivity index (χ4n) is 4.45. The fourth-order valence-corrected chi connectivity index (χ4v) is 4.45. The van der Waals surface area contributed by atoms with Gasteiger partial charge in [-0.2, -0.15) is 4.98 Å². The van der Waals surface area contributed by atoms with Crippen LogP contribution in [0.5, 0.6) is 11.6 Å². The van der Waals surface area contributed by atoms with Gasteiger partial charge < -0.3 is 14.6 Å². The molecular weight excluding hydrogens is 439 g/mol. The third-order valence-electron chi connectivity index (χ3n) is 5.96. The standard InChI is InChI=1S/C29H27FN4O/c1-18-14-19(2)27(20(3)15-18)35-28-26-25(21(4)16-34(26)17-22-8-6-5-7-9-22)32-29(33-28)31-24-12-10-23(30)11-13-24/h5-16H,17H2,1-4H3,(H,31,32,33). The normalized spacial score (nSPS) is 11.1. The highest BCUT2D eigenvalue weighted by Gasteiger charge is 2.19. The van der Waals surface area contributed by atoms with E-state index in [1.165, 1.54) is 23.3 Å². The van der Waals surface area contributed by atoms with Crippen molar-refractivity contribution in [1.82, 2.24) is 14.5 Å². The van der Waals surface area contributed by atoms with Crippen LogP contribution in [0.1, 0.15) is 27.8 Å².